The molecule has 0 bridgehead atoms. The van der Waals surface area contributed by atoms with Crippen LogP contribution in [-0.2, 0) is 25.8 Å². The normalized spacial score (nSPS) is 10.4. The third kappa shape index (κ3) is 2.42. The summed E-state index contributed by atoms with van der Waals surface area (Å²) in [7, 11) is 0. The van der Waals surface area contributed by atoms with Crippen molar-refractivity contribution in [3.63, 3.8) is 0 Å². The average molecular weight is 357 g/mol. The van der Waals surface area contributed by atoms with E-state index in [2.05, 4.69) is 40.7 Å². The van der Waals surface area contributed by atoms with Crippen LogP contribution in [0.1, 0.15) is 34.7 Å². The standard InChI is InChI=1S/C13H17.W/c1-6-7-13-8-9(2)10(3)11(4)12(13)5;/h7H2,1-5H3;/q-1;. The topological polar surface area (TPSA) is 0 Å². The number of aryl methyl sites for hydroxylation is 1. The molecule has 76 valence electrons. The molecular formula is C13H17W-. The first-order chi connectivity index (χ1) is 6.43. The Kier molecular flexibility index (Phi) is 3.84. The van der Waals surface area contributed by atoms with E-state index in [0.29, 0.717) is 0 Å². The van der Waals surface area contributed by atoms with Crippen LogP contribution in [0.2, 0.25) is 0 Å². The molecule has 0 aliphatic carbocycles. The van der Waals surface area contributed by atoms with Crippen LogP contribution in [0.5, 0.6) is 0 Å². The van der Waals surface area contributed by atoms with E-state index in [1.54, 1.807) is 19.4 Å². The van der Waals surface area contributed by atoms with E-state index < -0.39 is 0 Å². The SMILES string of the molecule is C[C](=[W])Cc1[c-]c(C)c(C)c(C)c1C. The van der Waals surface area contributed by atoms with Crippen molar-refractivity contribution in [2.24, 2.45) is 0 Å². The van der Waals surface area contributed by atoms with Gasteiger partial charge in [-0.1, -0.05) is 0 Å². The van der Waals surface area contributed by atoms with E-state index >= 15 is 0 Å². The molecule has 0 aromatic heterocycles. The van der Waals surface area contributed by atoms with E-state index in [4.69, 9.17) is 0 Å². The van der Waals surface area contributed by atoms with Crippen molar-refractivity contribution in [1.29, 1.82) is 0 Å². The summed E-state index contributed by atoms with van der Waals surface area (Å²) in [4.78, 5) is 0. The fourth-order valence-corrected chi connectivity index (χ4v) is 2.15. The molecule has 1 aromatic rings. The summed E-state index contributed by atoms with van der Waals surface area (Å²) in [6, 6.07) is 3.51. The fourth-order valence-electron chi connectivity index (χ4n) is 1.63. The van der Waals surface area contributed by atoms with Crippen LogP contribution in [0.25, 0.3) is 0 Å². The summed E-state index contributed by atoms with van der Waals surface area (Å²) in [5.74, 6) is 0. The van der Waals surface area contributed by atoms with Crippen molar-refractivity contribution < 1.29 is 19.4 Å². The molecule has 0 amide bonds. The predicted molar refractivity (Wildman–Crippen MR) is 58.6 cm³/mol. The van der Waals surface area contributed by atoms with E-state index in [1.165, 1.54) is 31.7 Å². The summed E-state index contributed by atoms with van der Waals surface area (Å²) < 4.78 is 1.53. The molecule has 0 aliphatic rings. The van der Waals surface area contributed by atoms with Gasteiger partial charge >= 0.3 is 98.2 Å². The van der Waals surface area contributed by atoms with Gasteiger partial charge in [-0.3, -0.25) is 0 Å². The molecule has 0 aliphatic heterocycles. The quantitative estimate of drug-likeness (QED) is 0.714. The summed E-state index contributed by atoms with van der Waals surface area (Å²) >= 11 is 1.59. The van der Waals surface area contributed by atoms with Crippen molar-refractivity contribution in [1.82, 2.24) is 0 Å². The molecule has 0 unspecified atom stereocenters. The van der Waals surface area contributed by atoms with Gasteiger partial charge in [0.1, 0.15) is 0 Å². The Hall–Kier alpha value is -0.222. The number of hydrogen-bond donors (Lipinski definition) is 0. The van der Waals surface area contributed by atoms with Crippen LogP contribution >= 0.6 is 0 Å². The number of benzene rings is 1. The number of rotatable bonds is 2. The molecule has 1 rings (SSSR count). The Labute approximate surface area is 98.1 Å². The van der Waals surface area contributed by atoms with Crippen LogP contribution in [-0.4, -0.2) is 3.90 Å². The fraction of sp³-hybridized carbons (Fsp3) is 0.462. The van der Waals surface area contributed by atoms with Gasteiger partial charge < -0.3 is 0 Å². The zero-order valence-corrected chi connectivity index (χ0v) is 12.5. The van der Waals surface area contributed by atoms with Crippen molar-refractivity contribution in [3.8, 4) is 0 Å². The molecule has 1 heteroatoms. The Balaban J connectivity index is 3.25. The van der Waals surface area contributed by atoms with Gasteiger partial charge in [-0.05, 0) is 0 Å². The first-order valence-corrected chi connectivity index (χ1v) is 6.38. The Bertz CT molecular complexity index is 375. The molecule has 0 saturated heterocycles. The van der Waals surface area contributed by atoms with Gasteiger partial charge in [-0.2, -0.15) is 0 Å². The van der Waals surface area contributed by atoms with Crippen LogP contribution in [0.4, 0.5) is 0 Å². The Morgan fingerprint density at radius 3 is 2.14 bits per heavy atom. The molecule has 14 heavy (non-hydrogen) atoms. The molecule has 0 N–H and O–H groups in total. The van der Waals surface area contributed by atoms with Gasteiger partial charge in [0.25, 0.3) is 0 Å². The van der Waals surface area contributed by atoms with Crippen molar-refractivity contribution in [2.75, 3.05) is 0 Å². The second-order valence-electron chi connectivity index (χ2n) is 3.98. The van der Waals surface area contributed by atoms with E-state index in [1.807, 2.05) is 0 Å². The minimum atomic E-state index is 1.10. The summed E-state index contributed by atoms with van der Waals surface area (Å²) in [6.45, 7) is 11.0. The minimum absolute atomic E-state index is 1.10. The van der Waals surface area contributed by atoms with Crippen molar-refractivity contribution >= 4 is 3.90 Å². The average Bonchev–Trinajstić information content (AvgIpc) is 2.10. The van der Waals surface area contributed by atoms with Crippen LogP contribution in [0.3, 0.4) is 0 Å². The molecule has 0 saturated carbocycles. The molecule has 0 heterocycles. The second-order valence-corrected chi connectivity index (χ2v) is 6.49. The van der Waals surface area contributed by atoms with Crippen LogP contribution in [0, 0.1) is 33.8 Å². The monoisotopic (exact) mass is 357 g/mol. The van der Waals surface area contributed by atoms with Crippen LogP contribution < -0.4 is 0 Å². The third-order valence-electron chi connectivity index (χ3n) is 2.90. The molecule has 0 fully saturated rings. The Morgan fingerprint density at radius 1 is 1.07 bits per heavy atom. The molecule has 0 spiro atoms. The molecule has 1 aromatic carbocycles. The molecule has 0 radical (unpaired) electrons. The summed E-state index contributed by atoms with van der Waals surface area (Å²) in [5, 5.41) is 0. The van der Waals surface area contributed by atoms with Gasteiger partial charge in [0.15, 0.2) is 0 Å². The van der Waals surface area contributed by atoms with Gasteiger partial charge in [0, 0.05) is 0 Å². The zero-order chi connectivity index (χ0) is 10.9. The molecular weight excluding hydrogens is 340 g/mol. The summed E-state index contributed by atoms with van der Waals surface area (Å²) in [5.41, 5.74) is 6.95. The zero-order valence-electron chi connectivity index (χ0n) is 9.62. The maximum atomic E-state index is 3.51. The maximum absolute atomic E-state index is 3.51. The van der Waals surface area contributed by atoms with E-state index in [0.717, 1.165) is 6.42 Å². The van der Waals surface area contributed by atoms with Crippen molar-refractivity contribution in [2.45, 2.75) is 41.0 Å². The van der Waals surface area contributed by atoms with E-state index in [-0.39, 0.29) is 0 Å². The van der Waals surface area contributed by atoms with Gasteiger partial charge in [-0.25, -0.2) is 0 Å². The van der Waals surface area contributed by atoms with E-state index in [9.17, 15) is 0 Å². The van der Waals surface area contributed by atoms with Gasteiger partial charge in [0.2, 0.25) is 0 Å². The number of hydrogen-bond acceptors (Lipinski definition) is 0. The third-order valence-corrected chi connectivity index (χ3v) is 3.42. The Morgan fingerprint density at radius 2 is 1.64 bits per heavy atom. The summed E-state index contributed by atoms with van der Waals surface area (Å²) in [6.07, 6.45) is 1.10. The molecule has 0 atom stereocenters. The second kappa shape index (κ2) is 4.53. The first-order valence-electron chi connectivity index (χ1n) is 4.91. The van der Waals surface area contributed by atoms with Crippen molar-refractivity contribution in [3.05, 3.63) is 33.9 Å². The van der Waals surface area contributed by atoms with Gasteiger partial charge in [-0.15, -0.1) is 0 Å². The molecule has 0 nitrogen and oxygen atoms in total. The predicted octanol–water partition coefficient (Wildman–Crippen LogP) is 3.00. The first kappa shape index (κ1) is 11.9. The van der Waals surface area contributed by atoms with Gasteiger partial charge in [0.05, 0.1) is 0 Å². The van der Waals surface area contributed by atoms with Crippen LogP contribution in [0.15, 0.2) is 0 Å².